The van der Waals surface area contributed by atoms with E-state index in [4.69, 9.17) is 14.5 Å². The van der Waals surface area contributed by atoms with Gasteiger partial charge in [0.15, 0.2) is 5.96 Å². The average molecular weight is 379 g/mol. The van der Waals surface area contributed by atoms with Crippen molar-refractivity contribution in [1.82, 2.24) is 24.9 Å². The molecule has 2 unspecified atom stereocenters. The molecule has 0 bridgehead atoms. The molecule has 0 saturated carbocycles. The van der Waals surface area contributed by atoms with Gasteiger partial charge in [0.1, 0.15) is 6.10 Å². The zero-order valence-electron chi connectivity index (χ0n) is 16.9. The van der Waals surface area contributed by atoms with Crippen LogP contribution in [0.3, 0.4) is 0 Å². The Morgan fingerprint density at radius 2 is 2.15 bits per heavy atom. The average Bonchev–Trinajstić information content (AvgIpc) is 3.12. The summed E-state index contributed by atoms with van der Waals surface area (Å²) in [5, 5.41) is 7.73. The molecular formula is C19H34N6O2. The van der Waals surface area contributed by atoms with Crippen molar-refractivity contribution in [2.45, 2.75) is 20.0 Å². The molecule has 1 N–H and O–H groups in total. The molecule has 1 aromatic heterocycles. The Bertz CT molecular complexity index is 599. The highest BCUT2D eigenvalue weighted by atomic mass is 16.5. The van der Waals surface area contributed by atoms with Gasteiger partial charge in [-0.05, 0) is 12.8 Å². The van der Waals surface area contributed by atoms with Gasteiger partial charge in [-0.25, -0.2) is 0 Å². The molecular weight excluding hydrogens is 344 g/mol. The first-order chi connectivity index (χ1) is 13.2. The molecule has 1 aromatic rings. The Kier molecular flexibility index (Phi) is 7.49. The van der Waals surface area contributed by atoms with E-state index in [0.29, 0.717) is 12.5 Å². The van der Waals surface area contributed by atoms with Gasteiger partial charge in [0, 0.05) is 58.1 Å². The van der Waals surface area contributed by atoms with Crippen molar-refractivity contribution in [2.24, 2.45) is 18.0 Å². The number of aryl methyl sites for hydroxylation is 1. The summed E-state index contributed by atoms with van der Waals surface area (Å²) in [5.74, 6) is 1.51. The van der Waals surface area contributed by atoms with Gasteiger partial charge in [-0.1, -0.05) is 6.92 Å². The summed E-state index contributed by atoms with van der Waals surface area (Å²) in [7, 11) is 1.94. The summed E-state index contributed by atoms with van der Waals surface area (Å²) < 4.78 is 13.2. The minimum Gasteiger partial charge on any atom is -0.379 e. The zero-order chi connectivity index (χ0) is 19.1. The van der Waals surface area contributed by atoms with Gasteiger partial charge in [-0.3, -0.25) is 14.6 Å². The van der Waals surface area contributed by atoms with Crippen LogP contribution in [0.15, 0.2) is 17.4 Å². The molecule has 0 radical (unpaired) electrons. The maximum Gasteiger partial charge on any atom is 0.194 e. The molecule has 0 aliphatic carbocycles. The van der Waals surface area contributed by atoms with Crippen LogP contribution in [0.1, 0.15) is 25.5 Å². The van der Waals surface area contributed by atoms with Crippen LogP contribution >= 0.6 is 0 Å². The number of morpholine rings is 2. The summed E-state index contributed by atoms with van der Waals surface area (Å²) in [6.45, 7) is 13.3. The Balaban J connectivity index is 1.56. The standard InChI is InChI=1S/C19H34N6O2/c1-4-20-19(21-11-16(2)13-24-5-8-26-9-6-24)25-7-10-27-18(15-25)17-12-22-23(3)14-17/h12,14,16,18H,4-11,13,15H2,1-3H3,(H,20,21). The molecule has 8 heteroatoms. The first-order valence-electron chi connectivity index (χ1n) is 10.1. The van der Waals surface area contributed by atoms with Gasteiger partial charge in [0.2, 0.25) is 0 Å². The molecule has 2 aliphatic heterocycles. The van der Waals surface area contributed by atoms with Crippen molar-refractivity contribution < 1.29 is 9.47 Å². The van der Waals surface area contributed by atoms with Gasteiger partial charge in [0.05, 0.1) is 32.6 Å². The smallest absolute Gasteiger partial charge is 0.194 e. The predicted octanol–water partition coefficient (Wildman–Crippen LogP) is 0.727. The second-order valence-corrected chi connectivity index (χ2v) is 7.47. The number of rotatable bonds is 6. The van der Waals surface area contributed by atoms with E-state index in [9.17, 15) is 0 Å². The van der Waals surface area contributed by atoms with E-state index in [2.05, 4.69) is 34.1 Å². The van der Waals surface area contributed by atoms with Crippen molar-refractivity contribution in [1.29, 1.82) is 0 Å². The van der Waals surface area contributed by atoms with Crippen molar-refractivity contribution in [3.05, 3.63) is 18.0 Å². The van der Waals surface area contributed by atoms with Gasteiger partial charge in [-0.2, -0.15) is 5.10 Å². The molecule has 8 nitrogen and oxygen atoms in total. The lowest BCUT2D eigenvalue weighted by atomic mass is 10.1. The number of hydrogen-bond donors (Lipinski definition) is 1. The maximum absolute atomic E-state index is 5.97. The quantitative estimate of drug-likeness (QED) is 0.581. The van der Waals surface area contributed by atoms with Crippen LogP contribution in [0.5, 0.6) is 0 Å². The third-order valence-corrected chi connectivity index (χ3v) is 5.02. The largest absolute Gasteiger partial charge is 0.379 e. The van der Waals surface area contributed by atoms with E-state index in [0.717, 1.165) is 70.6 Å². The SMILES string of the molecule is CCNC(=NCC(C)CN1CCOCC1)N1CCOC(c2cnn(C)c2)C1. The normalized spacial score (nSPS) is 23.4. The first kappa shape index (κ1) is 20.1. The van der Waals surface area contributed by atoms with Crippen LogP contribution in [0, 0.1) is 5.92 Å². The fourth-order valence-corrected chi connectivity index (χ4v) is 3.60. The Hall–Kier alpha value is -1.64. The summed E-state index contributed by atoms with van der Waals surface area (Å²) in [5.41, 5.74) is 1.12. The number of nitrogens with one attached hydrogen (secondary N) is 1. The van der Waals surface area contributed by atoms with Crippen LogP contribution in [-0.2, 0) is 16.5 Å². The molecule has 2 saturated heterocycles. The lowest BCUT2D eigenvalue weighted by Gasteiger charge is -2.35. The lowest BCUT2D eigenvalue weighted by Crippen LogP contribution is -2.48. The summed E-state index contributed by atoms with van der Waals surface area (Å²) in [6, 6.07) is 0. The molecule has 0 spiro atoms. The molecule has 3 heterocycles. The van der Waals surface area contributed by atoms with E-state index in [1.807, 2.05) is 24.1 Å². The van der Waals surface area contributed by atoms with Crippen LogP contribution in [0.25, 0.3) is 0 Å². The minimum absolute atomic E-state index is 0.0436. The van der Waals surface area contributed by atoms with Gasteiger partial charge in [-0.15, -0.1) is 0 Å². The molecule has 27 heavy (non-hydrogen) atoms. The van der Waals surface area contributed by atoms with E-state index in [1.54, 1.807) is 0 Å². The van der Waals surface area contributed by atoms with Gasteiger partial charge in [0.25, 0.3) is 0 Å². The van der Waals surface area contributed by atoms with Crippen LogP contribution in [-0.4, -0.2) is 91.2 Å². The van der Waals surface area contributed by atoms with Gasteiger partial charge < -0.3 is 19.7 Å². The Labute approximate surface area is 162 Å². The van der Waals surface area contributed by atoms with E-state index in [1.165, 1.54) is 0 Å². The number of guanidine groups is 1. The molecule has 3 rings (SSSR count). The van der Waals surface area contributed by atoms with Crippen LogP contribution in [0.2, 0.25) is 0 Å². The fourth-order valence-electron chi connectivity index (χ4n) is 3.60. The molecule has 0 amide bonds. The number of ether oxygens (including phenoxy) is 2. The predicted molar refractivity (Wildman–Crippen MR) is 106 cm³/mol. The lowest BCUT2D eigenvalue weighted by molar-refractivity contribution is -0.00808. The number of aromatic nitrogens is 2. The topological polar surface area (TPSA) is 67.2 Å². The summed E-state index contributed by atoms with van der Waals surface area (Å²) in [4.78, 5) is 9.72. The third-order valence-electron chi connectivity index (χ3n) is 5.02. The second-order valence-electron chi connectivity index (χ2n) is 7.47. The molecule has 152 valence electrons. The molecule has 2 fully saturated rings. The highest BCUT2D eigenvalue weighted by Gasteiger charge is 2.25. The zero-order valence-corrected chi connectivity index (χ0v) is 16.9. The van der Waals surface area contributed by atoms with E-state index in [-0.39, 0.29) is 6.10 Å². The van der Waals surface area contributed by atoms with Crippen molar-refractivity contribution in [3.8, 4) is 0 Å². The second kappa shape index (κ2) is 10.1. The van der Waals surface area contributed by atoms with Crippen LogP contribution < -0.4 is 5.32 Å². The first-order valence-corrected chi connectivity index (χ1v) is 10.1. The third kappa shape index (κ3) is 5.92. The highest BCUT2D eigenvalue weighted by molar-refractivity contribution is 5.80. The number of nitrogens with zero attached hydrogens (tertiary/aromatic N) is 5. The summed E-state index contributed by atoms with van der Waals surface area (Å²) >= 11 is 0. The van der Waals surface area contributed by atoms with E-state index < -0.39 is 0 Å². The summed E-state index contributed by atoms with van der Waals surface area (Å²) in [6.07, 6.45) is 3.97. The van der Waals surface area contributed by atoms with Crippen molar-refractivity contribution in [3.63, 3.8) is 0 Å². The minimum atomic E-state index is 0.0436. The number of hydrogen-bond acceptors (Lipinski definition) is 5. The molecule has 0 aromatic carbocycles. The fraction of sp³-hybridized carbons (Fsp3) is 0.789. The molecule has 2 aliphatic rings. The van der Waals surface area contributed by atoms with Crippen molar-refractivity contribution in [2.75, 3.05) is 65.6 Å². The maximum atomic E-state index is 5.97. The monoisotopic (exact) mass is 378 g/mol. The Morgan fingerprint density at radius 3 is 2.85 bits per heavy atom. The van der Waals surface area contributed by atoms with Crippen molar-refractivity contribution >= 4 is 5.96 Å². The molecule has 2 atom stereocenters. The highest BCUT2D eigenvalue weighted by Crippen LogP contribution is 2.21. The number of aliphatic imine (C=N–C) groups is 1. The Morgan fingerprint density at radius 1 is 1.33 bits per heavy atom. The van der Waals surface area contributed by atoms with Crippen LogP contribution in [0.4, 0.5) is 0 Å². The van der Waals surface area contributed by atoms with E-state index >= 15 is 0 Å². The van der Waals surface area contributed by atoms with Gasteiger partial charge >= 0.3 is 0 Å².